The van der Waals surface area contributed by atoms with E-state index in [1.165, 1.54) is 34.2 Å². The van der Waals surface area contributed by atoms with Crippen molar-refractivity contribution >= 4 is 39.8 Å². The van der Waals surface area contributed by atoms with Gasteiger partial charge in [-0.25, -0.2) is 0 Å². The van der Waals surface area contributed by atoms with Gasteiger partial charge in [-0.05, 0) is 36.6 Å². The monoisotopic (exact) mass is 426 g/mol. The van der Waals surface area contributed by atoms with E-state index in [0.29, 0.717) is 11.7 Å². The fourth-order valence-electron chi connectivity index (χ4n) is 3.27. The summed E-state index contributed by atoms with van der Waals surface area (Å²) in [6.07, 6.45) is 0.909. The van der Waals surface area contributed by atoms with Gasteiger partial charge in [0.25, 0.3) is 0 Å². The number of nitrogens with one attached hydrogen (secondary N) is 1. The van der Waals surface area contributed by atoms with E-state index in [1.807, 2.05) is 42.2 Å². The SMILES string of the molecule is COc1cccc(Nc2nnc(SC(C)C(=O)N3CCc4ccccc4C3)s2)c1. The maximum atomic E-state index is 12.9. The molecule has 0 fully saturated rings. The van der Waals surface area contributed by atoms with Crippen molar-refractivity contribution in [2.45, 2.75) is 29.5 Å². The summed E-state index contributed by atoms with van der Waals surface area (Å²) in [5.41, 5.74) is 3.47. The van der Waals surface area contributed by atoms with Crippen molar-refractivity contribution in [2.75, 3.05) is 19.0 Å². The molecule has 1 aromatic heterocycles. The number of fused-ring (bicyclic) bond motifs is 1. The Morgan fingerprint density at radius 1 is 1.21 bits per heavy atom. The molecule has 0 spiro atoms. The topological polar surface area (TPSA) is 67.3 Å². The number of carbonyl (C=O) groups excluding carboxylic acids is 1. The van der Waals surface area contributed by atoms with Crippen LogP contribution in [0.15, 0.2) is 52.9 Å². The van der Waals surface area contributed by atoms with Crippen LogP contribution in [0, 0.1) is 0 Å². The smallest absolute Gasteiger partial charge is 0.236 e. The highest BCUT2D eigenvalue weighted by Gasteiger charge is 2.26. The standard InChI is InChI=1S/C21H22N4O2S2/c1-14(19(26)25-11-10-15-6-3-4-7-16(15)13-25)28-21-24-23-20(29-21)22-17-8-5-9-18(12-17)27-2/h3-9,12,14H,10-11,13H2,1-2H3,(H,22,23). The second-order valence-corrected chi connectivity index (χ2v) is 9.33. The molecule has 0 radical (unpaired) electrons. The zero-order chi connectivity index (χ0) is 20.2. The van der Waals surface area contributed by atoms with Gasteiger partial charge < -0.3 is 15.0 Å². The molecule has 6 nitrogen and oxygen atoms in total. The molecular weight excluding hydrogens is 404 g/mol. The summed E-state index contributed by atoms with van der Waals surface area (Å²) in [6, 6.07) is 16.0. The van der Waals surface area contributed by atoms with Gasteiger partial charge in [-0.15, -0.1) is 10.2 Å². The van der Waals surface area contributed by atoms with Crippen LogP contribution in [0.1, 0.15) is 18.1 Å². The van der Waals surface area contributed by atoms with Crippen LogP contribution >= 0.6 is 23.1 Å². The molecule has 1 N–H and O–H groups in total. The van der Waals surface area contributed by atoms with Gasteiger partial charge in [-0.1, -0.05) is 53.4 Å². The molecule has 8 heteroatoms. The van der Waals surface area contributed by atoms with Crippen molar-refractivity contribution in [1.29, 1.82) is 0 Å². The normalized spacial score (nSPS) is 14.2. The Morgan fingerprint density at radius 3 is 2.86 bits per heavy atom. The Bertz CT molecular complexity index is 1010. The predicted octanol–water partition coefficient (Wildman–Crippen LogP) is 4.36. The number of benzene rings is 2. The molecule has 0 bridgehead atoms. The van der Waals surface area contributed by atoms with Crippen LogP contribution in [0.2, 0.25) is 0 Å². The van der Waals surface area contributed by atoms with E-state index in [2.05, 4.69) is 33.7 Å². The minimum Gasteiger partial charge on any atom is -0.497 e. The largest absolute Gasteiger partial charge is 0.497 e. The van der Waals surface area contributed by atoms with Gasteiger partial charge >= 0.3 is 0 Å². The van der Waals surface area contributed by atoms with E-state index >= 15 is 0 Å². The third kappa shape index (κ3) is 4.71. The molecule has 0 saturated heterocycles. The summed E-state index contributed by atoms with van der Waals surface area (Å²) in [5.74, 6) is 0.915. The lowest BCUT2D eigenvalue weighted by atomic mass is 10.00. The number of ether oxygens (including phenoxy) is 1. The first-order valence-corrected chi connectivity index (χ1v) is 11.1. The number of aromatic nitrogens is 2. The van der Waals surface area contributed by atoms with Gasteiger partial charge in [0.2, 0.25) is 11.0 Å². The van der Waals surface area contributed by atoms with Crippen LogP contribution in [0.5, 0.6) is 5.75 Å². The minimum atomic E-state index is -0.210. The molecule has 1 aliphatic rings. The van der Waals surface area contributed by atoms with E-state index in [4.69, 9.17) is 4.74 Å². The molecule has 0 aliphatic carbocycles. The highest BCUT2D eigenvalue weighted by atomic mass is 32.2. The Labute approximate surface area is 178 Å². The van der Waals surface area contributed by atoms with Crippen LogP contribution < -0.4 is 10.1 Å². The molecule has 4 rings (SSSR count). The second kappa shape index (κ2) is 8.84. The minimum absolute atomic E-state index is 0.141. The number of rotatable bonds is 6. The van der Waals surface area contributed by atoms with Crippen molar-refractivity contribution in [3.8, 4) is 5.75 Å². The van der Waals surface area contributed by atoms with Gasteiger partial charge in [-0.2, -0.15) is 0 Å². The third-order valence-corrected chi connectivity index (χ3v) is 6.81. The van der Waals surface area contributed by atoms with Gasteiger partial charge in [-0.3, -0.25) is 4.79 Å². The number of amides is 1. The predicted molar refractivity (Wildman–Crippen MR) is 117 cm³/mol. The van der Waals surface area contributed by atoms with Gasteiger partial charge in [0.15, 0.2) is 4.34 Å². The zero-order valence-electron chi connectivity index (χ0n) is 16.3. The molecule has 2 heterocycles. The van der Waals surface area contributed by atoms with Gasteiger partial charge in [0.05, 0.1) is 12.4 Å². The first-order chi connectivity index (χ1) is 14.1. The molecule has 1 amide bonds. The second-order valence-electron chi connectivity index (χ2n) is 6.77. The van der Waals surface area contributed by atoms with Crippen LogP contribution in [-0.2, 0) is 17.8 Å². The van der Waals surface area contributed by atoms with Crippen molar-refractivity contribution in [1.82, 2.24) is 15.1 Å². The quantitative estimate of drug-likeness (QED) is 0.591. The summed E-state index contributed by atoms with van der Waals surface area (Å²) >= 11 is 2.89. The number of anilines is 2. The number of nitrogens with zero attached hydrogens (tertiary/aromatic N) is 3. The number of methoxy groups -OCH3 is 1. The molecule has 29 heavy (non-hydrogen) atoms. The number of carbonyl (C=O) groups is 1. The third-order valence-electron chi connectivity index (χ3n) is 4.80. The molecule has 150 valence electrons. The van der Waals surface area contributed by atoms with Crippen molar-refractivity contribution in [2.24, 2.45) is 0 Å². The Hall–Kier alpha value is -2.58. The maximum absolute atomic E-state index is 12.9. The van der Waals surface area contributed by atoms with Gasteiger partial charge in [0.1, 0.15) is 5.75 Å². The first kappa shape index (κ1) is 19.7. The summed E-state index contributed by atoms with van der Waals surface area (Å²) in [6.45, 7) is 3.38. The van der Waals surface area contributed by atoms with Crippen LogP contribution in [0.25, 0.3) is 0 Å². The van der Waals surface area contributed by atoms with E-state index < -0.39 is 0 Å². The molecule has 1 atom stereocenters. The van der Waals surface area contributed by atoms with E-state index in [1.54, 1.807) is 7.11 Å². The lowest BCUT2D eigenvalue weighted by Crippen LogP contribution is -2.40. The summed E-state index contributed by atoms with van der Waals surface area (Å²) in [4.78, 5) is 14.9. The molecule has 1 unspecified atom stereocenters. The molecule has 2 aromatic carbocycles. The lowest BCUT2D eigenvalue weighted by Gasteiger charge is -2.30. The highest BCUT2D eigenvalue weighted by molar-refractivity contribution is 8.02. The fourth-order valence-corrected chi connectivity index (χ4v) is 5.27. The van der Waals surface area contributed by atoms with Crippen LogP contribution in [0.3, 0.4) is 0 Å². The Balaban J connectivity index is 1.36. The first-order valence-electron chi connectivity index (χ1n) is 9.39. The Morgan fingerprint density at radius 2 is 2.03 bits per heavy atom. The molecule has 1 aliphatic heterocycles. The maximum Gasteiger partial charge on any atom is 0.236 e. The van der Waals surface area contributed by atoms with Crippen LogP contribution in [0.4, 0.5) is 10.8 Å². The van der Waals surface area contributed by atoms with Crippen molar-refractivity contribution < 1.29 is 9.53 Å². The number of hydrogen-bond acceptors (Lipinski definition) is 7. The molecule has 0 saturated carbocycles. The molecule has 3 aromatic rings. The number of hydrogen-bond donors (Lipinski definition) is 1. The summed E-state index contributed by atoms with van der Waals surface area (Å²) in [5, 5.41) is 12.1. The van der Waals surface area contributed by atoms with Crippen LogP contribution in [-0.4, -0.2) is 39.9 Å². The molecular formula is C21H22N4O2S2. The fraction of sp³-hybridized carbons (Fsp3) is 0.286. The summed E-state index contributed by atoms with van der Waals surface area (Å²) in [7, 11) is 1.64. The van der Waals surface area contributed by atoms with E-state index in [-0.39, 0.29) is 11.2 Å². The van der Waals surface area contributed by atoms with Gasteiger partial charge in [0, 0.05) is 24.8 Å². The van der Waals surface area contributed by atoms with Crippen molar-refractivity contribution in [3.63, 3.8) is 0 Å². The lowest BCUT2D eigenvalue weighted by molar-refractivity contribution is -0.131. The summed E-state index contributed by atoms with van der Waals surface area (Å²) < 4.78 is 6.01. The highest BCUT2D eigenvalue weighted by Crippen LogP contribution is 2.32. The Kier molecular flexibility index (Phi) is 6.01. The average molecular weight is 427 g/mol. The number of thioether (sulfide) groups is 1. The zero-order valence-corrected chi connectivity index (χ0v) is 17.9. The van der Waals surface area contributed by atoms with Crippen molar-refractivity contribution in [3.05, 3.63) is 59.7 Å². The average Bonchev–Trinajstić information content (AvgIpc) is 3.19. The van der Waals surface area contributed by atoms with E-state index in [9.17, 15) is 4.79 Å². The van der Waals surface area contributed by atoms with E-state index in [0.717, 1.165) is 28.7 Å².